The highest BCUT2D eigenvalue weighted by Gasteiger charge is 2.26. The summed E-state index contributed by atoms with van der Waals surface area (Å²) < 4.78 is 1.99. The van der Waals surface area contributed by atoms with Crippen molar-refractivity contribution in [3.8, 4) is 0 Å². The van der Waals surface area contributed by atoms with Crippen LogP contribution in [0, 0.1) is 20.8 Å². The van der Waals surface area contributed by atoms with E-state index in [1.54, 1.807) is 0 Å². The molecule has 0 spiro atoms. The molecule has 156 valence electrons. The zero-order valence-corrected chi connectivity index (χ0v) is 18.0. The summed E-state index contributed by atoms with van der Waals surface area (Å²) in [6.07, 6.45) is 6.76. The number of carbonyl (C=O) groups is 1. The molecule has 0 saturated carbocycles. The third-order valence-electron chi connectivity index (χ3n) is 6.50. The average Bonchev–Trinajstić information content (AvgIpc) is 3.01. The zero-order chi connectivity index (χ0) is 20.5. The second-order valence-electron chi connectivity index (χ2n) is 8.56. The van der Waals surface area contributed by atoms with Gasteiger partial charge in [0.2, 0.25) is 5.91 Å². The SMILES string of the molecule is Cc1nn(C(C)CC(=O)N2CCc3nc(C4CCCCN4)ncc3C2)c(C)c1C. The summed E-state index contributed by atoms with van der Waals surface area (Å²) >= 11 is 0. The first-order valence-electron chi connectivity index (χ1n) is 10.8. The van der Waals surface area contributed by atoms with E-state index in [1.807, 2.05) is 22.7 Å². The molecule has 4 rings (SSSR count). The molecule has 7 nitrogen and oxygen atoms in total. The molecule has 1 N–H and O–H groups in total. The fourth-order valence-electron chi connectivity index (χ4n) is 4.43. The molecule has 2 unspecified atom stereocenters. The van der Waals surface area contributed by atoms with Gasteiger partial charge in [-0.15, -0.1) is 0 Å². The van der Waals surface area contributed by atoms with Crippen LogP contribution in [0.2, 0.25) is 0 Å². The van der Waals surface area contributed by atoms with Crippen molar-refractivity contribution < 1.29 is 4.79 Å². The molecule has 4 heterocycles. The summed E-state index contributed by atoms with van der Waals surface area (Å²) in [4.78, 5) is 24.3. The highest BCUT2D eigenvalue weighted by atomic mass is 16.2. The Morgan fingerprint density at radius 1 is 1.31 bits per heavy atom. The van der Waals surface area contributed by atoms with Gasteiger partial charge in [-0.1, -0.05) is 6.42 Å². The zero-order valence-electron chi connectivity index (χ0n) is 18.0. The van der Waals surface area contributed by atoms with Gasteiger partial charge in [-0.3, -0.25) is 9.48 Å². The Kier molecular flexibility index (Phi) is 5.67. The van der Waals surface area contributed by atoms with E-state index < -0.39 is 0 Å². The average molecular weight is 397 g/mol. The van der Waals surface area contributed by atoms with E-state index >= 15 is 0 Å². The minimum atomic E-state index is 0.0484. The highest BCUT2D eigenvalue weighted by Crippen LogP contribution is 2.25. The second-order valence-corrected chi connectivity index (χ2v) is 8.56. The Bertz CT molecular complexity index is 899. The van der Waals surface area contributed by atoms with Gasteiger partial charge in [0.15, 0.2) is 0 Å². The number of amides is 1. The molecule has 0 radical (unpaired) electrons. The van der Waals surface area contributed by atoms with Crippen molar-refractivity contribution in [3.63, 3.8) is 0 Å². The lowest BCUT2D eigenvalue weighted by Crippen LogP contribution is -2.38. The number of aryl methyl sites for hydroxylation is 1. The molecule has 2 aromatic heterocycles. The molecular formula is C22H32N6O. The van der Waals surface area contributed by atoms with Crippen molar-refractivity contribution in [3.05, 3.63) is 40.2 Å². The van der Waals surface area contributed by atoms with Gasteiger partial charge in [0.1, 0.15) is 5.82 Å². The molecule has 1 saturated heterocycles. The molecule has 2 aliphatic rings. The van der Waals surface area contributed by atoms with Crippen molar-refractivity contribution in [2.24, 2.45) is 0 Å². The van der Waals surface area contributed by atoms with Gasteiger partial charge in [-0.2, -0.15) is 5.10 Å². The topological polar surface area (TPSA) is 75.9 Å². The minimum Gasteiger partial charge on any atom is -0.338 e. The van der Waals surface area contributed by atoms with Gasteiger partial charge in [0.25, 0.3) is 0 Å². The summed E-state index contributed by atoms with van der Waals surface area (Å²) in [6, 6.07) is 0.325. The van der Waals surface area contributed by atoms with Crippen molar-refractivity contribution >= 4 is 5.91 Å². The van der Waals surface area contributed by atoms with Gasteiger partial charge < -0.3 is 10.2 Å². The van der Waals surface area contributed by atoms with Crippen molar-refractivity contribution in [1.82, 2.24) is 30.0 Å². The van der Waals surface area contributed by atoms with Gasteiger partial charge >= 0.3 is 0 Å². The first-order chi connectivity index (χ1) is 13.9. The number of rotatable bonds is 4. The number of nitrogens with zero attached hydrogens (tertiary/aromatic N) is 5. The first kappa shape index (κ1) is 20.0. The largest absolute Gasteiger partial charge is 0.338 e. The van der Waals surface area contributed by atoms with Crippen LogP contribution >= 0.6 is 0 Å². The third-order valence-corrected chi connectivity index (χ3v) is 6.50. The molecule has 29 heavy (non-hydrogen) atoms. The summed E-state index contributed by atoms with van der Waals surface area (Å²) in [5.74, 6) is 1.09. The predicted octanol–water partition coefficient (Wildman–Crippen LogP) is 2.95. The predicted molar refractivity (Wildman–Crippen MR) is 112 cm³/mol. The van der Waals surface area contributed by atoms with Gasteiger partial charge in [0, 0.05) is 43.4 Å². The van der Waals surface area contributed by atoms with E-state index in [9.17, 15) is 4.79 Å². The Labute approximate surface area is 172 Å². The standard InChI is InChI=1S/C22H32N6O/c1-14(28-17(4)15(2)16(3)26-28)11-21(29)27-10-8-19-18(13-27)12-24-22(25-19)20-7-5-6-9-23-20/h12,14,20,23H,5-11,13H2,1-4H3. The lowest BCUT2D eigenvalue weighted by atomic mass is 10.0. The van der Waals surface area contributed by atoms with E-state index in [0.29, 0.717) is 13.0 Å². The van der Waals surface area contributed by atoms with Crippen molar-refractivity contribution in [1.29, 1.82) is 0 Å². The highest BCUT2D eigenvalue weighted by molar-refractivity contribution is 5.77. The molecule has 0 bridgehead atoms. The van der Waals surface area contributed by atoms with Crippen LogP contribution in [0.15, 0.2) is 6.20 Å². The summed E-state index contributed by atoms with van der Waals surface area (Å²) in [5, 5.41) is 8.14. The summed E-state index contributed by atoms with van der Waals surface area (Å²) in [5.41, 5.74) is 5.57. The number of fused-ring (bicyclic) bond motifs is 1. The van der Waals surface area contributed by atoms with Gasteiger partial charge in [0.05, 0.1) is 23.5 Å². The van der Waals surface area contributed by atoms with Crippen LogP contribution in [-0.2, 0) is 17.8 Å². The number of hydrogen-bond donors (Lipinski definition) is 1. The van der Waals surface area contributed by atoms with Crippen LogP contribution in [0.3, 0.4) is 0 Å². The number of piperidine rings is 1. The Balaban J connectivity index is 1.41. The van der Waals surface area contributed by atoms with E-state index in [-0.39, 0.29) is 18.0 Å². The van der Waals surface area contributed by atoms with Crippen LogP contribution in [0.5, 0.6) is 0 Å². The number of carbonyl (C=O) groups excluding carboxylic acids is 1. The number of aromatic nitrogens is 4. The van der Waals surface area contributed by atoms with Crippen LogP contribution in [-0.4, -0.2) is 43.6 Å². The Morgan fingerprint density at radius 3 is 2.83 bits per heavy atom. The lowest BCUT2D eigenvalue weighted by molar-refractivity contribution is -0.133. The van der Waals surface area contributed by atoms with Crippen LogP contribution < -0.4 is 5.32 Å². The molecule has 7 heteroatoms. The monoisotopic (exact) mass is 396 g/mol. The quantitative estimate of drug-likeness (QED) is 0.860. The number of nitrogens with one attached hydrogen (secondary N) is 1. The maximum absolute atomic E-state index is 12.9. The molecular weight excluding hydrogens is 364 g/mol. The van der Waals surface area contributed by atoms with Crippen molar-refractivity contribution in [2.45, 2.75) is 78.4 Å². The number of hydrogen-bond acceptors (Lipinski definition) is 5. The van der Waals surface area contributed by atoms with Gasteiger partial charge in [-0.25, -0.2) is 9.97 Å². The second kappa shape index (κ2) is 8.22. The molecule has 0 aliphatic carbocycles. The third kappa shape index (κ3) is 4.06. The lowest BCUT2D eigenvalue weighted by Gasteiger charge is -2.30. The molecule has 2 atom stereocenters. The van der Waals surface area contributed by atoms with Crippen LogP contribution in [0.1, 0.15) is 78.7 Å². The Hall–Kier alpha value is -2.28. The molecule has 0 aromatic carbocycles. The fourth-order valence-corrected chi connectivity index (χ4v) is 4.43. The van der Waals surface area contributed by atoms with E-state index in [1.165, 1.54) is 18.4 Å². The van der Waals surface area contributed by atoms with Crippen LogP contribution in [0.25, 0.3) is 0 Å². The van der Waals surface area contributed by atoms with Crippen LogP contribution in [0.4, 0.5) is 0 Å². The van der Waals surface area contributed by atoms with E-state index in [2.05, 4.69) is 36.2 Å². The molecule has 1 amide bonds. The smallest absolute Gasteiger partial charge is 0.225 e. The minimum absolute atomic E-state index is 0.0484. The van der Waals surface area contributed by atoms with Gasteiger partial charge in [-0.05, 0) is 52.6 Å². The van der Waals surface area contributed by atoms with E-state index in [4.69, 9.17) is 4.98 Å². The molecule has 2 aliphatic heterocycles. The first-order valence-corrected chi connectivity index (χ1v) is 10.8. The maximum Gasteiger partial charge on any atom is 0.225 e. The Morgan fingerprint density at radius 2 is 2.14 bits per heavy atom. The van der Waals surface area contributed by atoms with E-state index in [0.717, 1.165) is 54.4 Å². The maximum atomic E-state index is 12.9. The normalized spacial score (nSPS) is 20.4. The summed E-state index contributed by atoms with van der Waals surface area (Å²) in [7, 11) is 0. The fraction of sp³-hybridized carbons (Fsp3) is 0.636. The summed E-state index contributed by atoms with van der Waals surface area (Å²) in [6.45, 7) is 10.6. The molecule has 1 fully saturated rings. The molecule has 2 aromatic rings. The van der Waals surface area contributed by atoms with Crippen molar-refractivity contribution in [2.75, 3.05) is 13.1 Å².